The molecule has 0 aliphatic rings. The van der Waals surface area contributed by atoms with E-state index in [0.29, 0.717) is 41.6 Å². The summed E-state index contributed by atoms with van der Waals surface area (Å²) in [4.78, 5) is 26.2. The number of carbonyl (C=O) groups is 1. The van der Waals surface area contributed by atoms with Gasteiger partial charge in [-0.1, -0.05) is 61.9 Å². The lowest BCUT2D eigenvalue weighted by Crippen LogP contribution is -2.25. The molecule has 0 radical (unpaired) electrons. The standard InChI is InChI=1S/C32H36N2O5/c1-5-6-17-28-29(35)33(25-15-11-8-12-16-25)34(30(28)38-23-39-31(36)32(2,3)4)26-18-20-27(21-19-26)37-22-24-13-9-7-10-14-24/h7-16,18-21H,5-6,17,22-23H2,1-4H3. The highest BCUT2D eigenvalue weighted by molar-refractivity contribution is 5.75. The number of carbonyl (C=O) groups excluding carboxylic acids is 1. The van der Waals surface area contributed by atoms with Gasteiger partial charge in [-0.15, -0.1) is 0 Å². The second-order valence-corrected chi connectivity index (χ2v) is 10.4. The van der Waals surface area contributed by atoms with Gasteiger partial charge in [0.2, 0.25) is 12.7 Å². The molecule has 0 saturated carbocycles. The summed E-state index contributed by atoms with van der Waals surface area (Å²) in [5.74, 6) is 0.682. The van der Waals surface area contributed by atoms with Crippen molar-refractivity contribution in [1.82, 2.24) is 9.36 Å². The number of nitrogens with zero attached hydrogens (tertiary/aromatic N) is 2. The van der Waals surface area contributed by atoms with E-state index in [1.807, 2.05) is 84.9 Å². The van der Waals surface area contributed by atoms with Crippen LogP contribution in [0, 0.1) is 5.41 Å². The molecule has 3 aromatic carbocycles. The van der Waals surface area contributed by atoms with Crippen LogP contribution in [0.25, 0.3) is 11.4 Å². The van der Waals surface area contributed by atoms with Gasteiger partial charge in [0, 0.05) is 0 Å². The van der Waals surface area contributed by atoms with E-state index in [1.165, 1.54) is 0 Å². The molecule has 39 heavy (non-hydrogen) atoms. The van der Waals surface area contributed by atoms with Crippen molar-refractivity contribution in [2.45, 2.75) is 53.6 Å². The van der Waals surface area contributed by atoms with Crippen LogP contribution in [0.15, 0.2) is 89.7 Å². The van der Waals surface area contributed by atoms with Crippen LogP contribution in [0.2, 0.25) is 0 Å². The van der Waals surface area contributed by atoms with E-state index in [2.05, 4.69) is 6.92 Å². The zero-order valence-corrected chi connectivity index (χ0v) is 23.1. The Bertz CT molecular complexity index is 1420. The van der Waals surface area contributed by atoms with Crippen molar-refractivity contribution < 1.29 is 19.0 Å². The summed E-state index contributed by atoms with van der Waals surface area (Å²) in [5.41, 5.74) is 2.19. The first-order valence-corrected chi connectivity index (χ1v) is 13.3. The number of ether oxygens (including phenoxy) is 3. The maximum Gasteiger partial charge on any atom is 0.314 e. The molecule has 0 N–H and O–H groups in total. The van der Waals surface area contributed by atoms with Crippen molar-refractivity contribution >= 4 is 5.97 Å². The first-order chi connectivity index (χ1) is 18.8. The minimum Gasteiger partial charge on any atom is -0.489 e. The molecule has 7 nitrogen and oxygen atoms in total. The van der Waals surface area contributed by atoms with Crippen molar-refractivity contribution in [3.05, 3.63) is 106 Å². The molecule has 0 aliphatic carbocycles. The van der Waals surface area contributed by atoms with Gasteiger partial charge in [0.05, 0.1) is 22.4 Å². The highest BCUT2D eigenvalue weighted by atomic mass is 16.7. The largest absolute Gasteiger partial charge is 0.489 e. The van der Waals surface area contributed by atoms with Crippen molar-refractivity contribution in [1.29, 1.82) is 0 Å². The van der Waals surface area contributed by atoms with E-state index in [1.54, 1.807) is 30.1 Å². The van der Waals surface area contributed by atoms with Crippen LogP contribution in [-0.2, 0) is 22.6 Å². The van der Waals surface area contributed by atoms with Gasteiger partial charge >= 0.3 is 5.97 Å². The fourth-order valence-corrected chi connectivity index (χ4v) is 4.06. The summed E-state index contributed by atoms with van der Waals surface area (Å²) in [7, 11) is 0. The maximum atomic E-state index is 13.8. The van der Waals surface area contributed by atoms with Crippen molar-refractivity contribution in [2.75, 3.05) is 6.79 Å². The average molecular weight is 529 g/mol. The Morgan fingerprint density at radius 2 is 1.41 bits per heavy atom. The summed E-state index contributed by atoms with van der Waals surface area (Å²) in [6, 6.07) is 26.9. The molecule has 1 heterocycles. The highest BCUT2D eigenvalue weighted by Crippen LogP contribution is 2.28. The van der Waals surface area contributed by atoms with Gasteiger partial charge in [-0.2, -0.15) is 0 Å². The quantitative estimate of drug-likeness (QED) is 0.165. The molecule has 0 spiro atoms. The van der Waals surface area contributed by atoms with Crippen LogP contribution in [0.3, 0.4) is 0 Å². The van der Waals surface area contributed by atoms with E-state index < -0.39 is 5.41 Å². The first kappa shape index (κ1) is 27.8. The number of hydrogen-bond donors (Lipinski definition) is 0. The number of rotatable bonds is 11. The normalized spacial score (nSPS) is 11.3. The van der Waals surface area contributed by atoms with Crippen molar-refractivity contribution in [2.24, 2.45) is 5.41 Å². The average Bonchev–Trinajstić information content (AvgIpc) is 3.22. The summed E-state index contributed by atoms with van der Waals surface area (Å²) >= 11 is 0. The van der Waals surface area contributed by atoms with Crippen LogP contribution in [0.5, 0.6) is 11.6 Å². The van der Waals surface area contributed by atoms with Crippen molar-refractivity contribution in [3.63, 3.8) is 0 Å². The molecule has 0 fully saturated rings. The van der Waals surface area contributed by atoms with E-state index in [9.17, 15) is 9.59 Å². The monoisotopic (exact) mass is 528 g/mol. The van der Waals surface area contributed by atoms with Crippen LogP contribution in [-0.4, -0.2) is 22.1 Å². The van der Waals surface area contributed by atoms with Gasteiger partial charge in [0.25, 0.3) is 5.56 Å². The topological polar surface area (TPSA) is 71.7 Å². The molecule has 0 amide bonds. The Labute approximate surface area is 229 Å². The number of esters is 1. The number of benzene rings is 3. The molecule has 4 rings (SSSR count). The fourth-order valence-electron chi connectivity index (χ4n) is 4.06. The van der Waals surface area contributed by atoms with Gasteiger partial charge in [0.15, 0.2) is 0 Å². The predicted molar refractivity (Wildman–Crippen MR) is 152 cm³/mol. The third-order valence-electron chi connectivity index (χ3n) is 6.21. The third-order valence-corrected chi connectivity index (χ3v) is 6.21. The lowest BCUT2D eigenvalue weighted by Gasteiger charge is -2.19. The number of aromatic nitrogens is 2. The number of para-hydroxylation sites is 1. The molecule has 204 valence electrons. The molecule has 0 unspecified atom stereocenters. The lowest BCUT2D eigenvalue weighted by molar-refractivity contribution is -0.159. The van der Waals surface area contributed by atoms with Gasteiger partial charge in [-0.05, 0) is 75.6 Å². The van der Waals surface area contributed by atoms with Gasteiger partial charge in [-0.25, -0.2) is 9.36 Å². The molecule has 7 heteroatoms. The summed E-state index contributed by atoms with van der Waals surface area (Å²) in [5, 5.41) is 0. The fraction of sp³-hybridized carbons (Fsp3) is 0.312. The van der Waals surface area contributed by atoms with Crippen LogP contribution >= 0.6 is 0 Å². The summed E-state index contributed by atoms with van der Waals surface area (Å²) in [6.45, 7) is 7.58. The van der Waals surface area contributed by atoms with Crippen LogP contribution in [0.1, 0.15) is 51.7 Å². The van der Waals surface area contributed by atoms with Gasteiger partial charge in [0.1, 0.15) is 12.4 Å². The molecule has 0 aliphatic heterocycles. The second-order valence-electron chi connectivity index (χ2n) is 10.4. The van der Waals surface area contributed by atoms with Gasteiger partial charge in [-0.3, -0.25) is 9.59 Å². The zero-order valence-electron chi connectivity index (χ0n) is 23.1. The number of unbranched alkanes of at least 4 members (excludes halogenated alkanes) is 1. The minimum atomic E-state index is -0.667. The summed E-state index contributed by atoms with van der Waals surface area (Å²) in [6.07, 6.45) is 2.27. The third kappa shape index (κ3) is 6.79. The minimum absolute atomic E-state index is 0.170. The Kier molecular flexibility index (Phi) is 8.92. The van der Waals surface area contributed by atoms with E-state index >= 15 is 0 Å². The molecule has 0 bridgehead atoms. The summed E-state index contributed by atoms with van der Waals surface area (Å²) < 4.78 is 20.8. The maximum absolute atomic E-state index is 13.8. The Balaban J connectivity index is 1.73. The predicted octanol–water partition coefficient (Wildman–Crippen LogP) is 6.48. The first-order valence-electron chi connectivity index (χ1n) is 13.3. The molecule has 0 atom stereocenters. The SMILES string of the molecule is CCCCc1c(OCOC(=O)C(C)(C)C)n(-c2ccc(OCc3ccccc3)cc2)n(-c2ccccc2)c1=O. The lowest BCUT2D eigenvalue weighted by atomic mass is 9.98. The zero-order chi connectivity index (χ0) is 27.8. The molecular weight excluding hydrogens is 492 g/mol. The van der Waals surface area contributed by atoms with E-state index in [4.69, 9.17) is 14.2 Å². The number of hydrogen-bond acceptors (Lipinski definition) is 5. The highest BCUT2D eigenvalue weighted by Gasteiger charge is 2.26. The van der Waals surface area contributed by atoms with Crippen molar-refractivity contribution in [3.8, 4) is 23.0 Å². The van der Waals surface area contributed by atoms with Gasteiger partial charge < -0.3 is 14.2 Å². The second kappa shape index (κ2) is 12.5. The molecule has 4 aromatic rings. The molecule has 0 saturated heterocycles. The Hall–Kier alpha value is -4.26. The smallest absolute Gasteiger partial charge is 0.314 e. The van der Waals surface area contributed by atoms with Crippen LogP contribution in [0.4, 0.5) is 0 Å². The molecule has 1 aromatic heterocycles. The van der Waals surface area contributed by atoms with E-state index in [-0.39, 0.29) is 18.3 Å². The van der Waals surface area contributed by atoms with Crippen LogP contribution < -0.4 is 15.0 Å². The Morgan fingerprint density at radius 1 is 0.795 bits per heavy atom. The Morgan fingerprint density at radius 3 is 2.03 bits per heavy atom. The van der Waals surface area contributed by atoms with E-state index in [0.717, 1.165) is 18.4 Å². The molecular formula is C32H36N2O5.